The van der Waals surface area contributed by atoms with Gasteiger partial charge < -0.3 is 10.4 Å². The minimum atomic E-state index is -0.453. The highest BCUT2D eigenvalue weighted by molar-refractivity contribution is 5.83. The summed E-state index contributed by atoms with van der Waals surface area (Å²) in [6, 6.07) is 6.54. The van der Waals surface area contributed by atoms with Crippen LogP contribution in [0.15, 0.2) is 24.3 Å². The van der Waals surface area contributed by atoms with Gasteiger partial charge in [-0.2, -0.15) is 0 Å². The van der Waals surface area contributed by atoms with Crippen molar-refractivity contribution in [2.75, 3.05) is 0 Å². The SMILES string of the molecule is CCC(=O)[C@H]1[C@H](c2ccc(F)cc2)CC2CC(O)[C@@H]1N2. The Morgan fingerprint density at radius 3 is 2.70 bits per heavy atom. The summed E-state index contributed by atoms with van der Waals surface area (Å²) in [5.74, 6) is -0.212. The van der Waals surface area contributed by atoms with Gasteiger partial charge in [-0.05, 0) is 36.5 Å². The van der Waals surface area contributed by atoms with Gasteiger partial charge in [0, 0.05) is 24.4 Å². The number of piperidine rings is 1. The van der Waals surface area contributed by atoms with Gasteiger partial charge in [0.1, 0.15) is 11.6 Å². The Hall–Kier alpha value is -1.26. The number of nitrogens with one attached hydrogen (secondary N) is 1. The second-order valence-corrected chi connectivity index (χ2v) is 5.93. The molecule has 1 aromatic carbocycles. The molecule has 0 radical (unpaired) electrons. The molecule has 5 atom stereocenters. The molecule has 2 bridgehead atoms. The third-order valence-corrected chi connectivity index (χ3v) is 4.75. The number of carbonyl (C=O) groups is 1. The van der Waals surface area contributed by atoms with Crippen LogP contribution in [-0.4, -0.2) is 29.1 Å². The van der Waals surface area contributed by atoms with Crippen LogP contribution in [-0.2, 0) is 4.79 Å². The van der Waals surface area contributed by atoms with Crippen LogP contribution >= 0.6 is 0 Å². The molecule has 3 rings (SSSR count). The first kappa shape index (κ1) is 13.7. The molecular weight excluding hydrogens is 257 g/mol. The van der Waals surface area contributed by atoms with E-state index in [-0.39, 0.29) is 35.5 Å². The second kappa shape index (κ2) is 5.26. The van der Waals surface area contributed by atoms with Crippen molar-refractivity contribution in [2.45, 2.75) is 50.3 Å². The number of Topliss-reactive ketones (excluding diaryl/α,β-unsaturated/α-hetero) is 1. The highest BCUT2D eigenvalue weighted by Crippen LogP contribution is 2.42. The van der Waals surface area contributed by atoms with Crippen LogP contribution < -0.4 is 5.32 Å². The lowest BCUT2D eigenvalue weighted by atomic mass is 9.74. The fraction of sp³-hybridized carbons (Fsp3) is 0.562. The highest BCUT2D eigenvalue weighted by atomic mass is 19.1. The average molecular weight is 277 g/mol. The quantitative estimate of drug-likeness (QED) is 0.888. The number of halogens is 1. The van der Waals surface area contributed by atoms with Gasteiger partial charge in [0.25, 0.3) is 0 Å². The van der Waals surface area contributed by atoms with E-state index in [4.69, 9.17) is 0 Å². The van der Waals surface area contributed by atoms with Gasteiger partial charge in [-0.25, -0.2) is 4.39 Å². The van der Waals surface area contributed by atoms with E-state index < -0.39 is 6.10 Å². The summed E-state index contributed by atoms with van der Waals surface area (Å²) in [4.78, 5) is 12.3. The molecule has 2 saturated heterocycles. The monoisotopic (exact) mass is 277 g/mol. The van der Waals surface area contributed by atoms with E-state index in [1.807, 2.05) is 6.92 Å². The Balaban J connectivity index is 1.95. The van der Waals surface area contributed by atoms with Gasteiger partial charge in [-0.1, -0.05) is 19.1 Å². The first-order chi connectivity index (χ1) is 9.60. The molecule has 0 amide bonds. The number of hydrogen-bond acceptors (Lipinski definition) is 3. The summed E-state index contributed by atoms with van der Waals surface area (Å²) in [6.45, 7) is 1.86. The molecule has 0 spiro atoms. The smallest absolute Gasteiger partial charge is 0.137 e. The number of hydrogen-bond donors (Lipinski definition) is 2. The Bertz CT molecular complexity index is 502. The zero-order valence-electron chi connectivity index (χ0n) is 11.6. The molecule has 0 aromatic heterocycles. The van der Waals surface area contributed by atoms with Crippen molar-refractivity contribution in [3.63, 3.8) is 0 Å². The Kier molecular flexibility index (Phi) is 3.61. The van der Waals surface area contributed by atoms with Crippen molar-refractivity contribution in [3.05, 3.63) is 35.6 Å². The molecule has 2 unspecified atom stereocenters. The van der Waals surface area contributed by atoms with Gasteiger partial charge >= 0.3 is 0 Å². The normalized spacial score (nSPS) is 36.0. The van der Waals surface area contributed by atoms with Crippen molar-refractivity contribution in [3.8, 4) is 0 Å². The number of rotatable bonds is 3. The van der Waals surface area contributed by atoms with Crippen LogP contribution in [0, 0.1) is 11.7 Å². The molecular formula is C16H20FNO2. The van der Waals surface area contributed by atoms with E-state index in [9.17, 15) is 14.3 Å². The largest absolute Gasteiger partial charge is 0.391 e. The molecule has 3 nitrogen and oxygen atoms in total. The summed E-state index contributed by atoms with van der Waals surface area (Å²) in [5.41, 5.74) is 1.00. The van der Waals surface area contributed by atoms with E-state index in [0.717, 1.165) is 12.0 Å². The van der Waals surface area contributed by atoms with Crippen molar-refractivity contribution in [1.82, 2.24) is 5.32 Å². The first-order valence-electron chi connectivity index (χ1n) is 7.32. The van der Waals surface area contributed by atoms with Crippen LogP contribution in [0.2, 0.25) is 0 Å². The Labute approximate surface area is 118 Å². The van der Waals surface area contributed by atoms with E-state index in [0.29, 0.717) is 12.8 Å². The molecule has 2 fully saturated rings. The molecule has 2 aliphatic rings. The molecule has 108 valence electrons. The maximum atomic E-state index is 13.1. The van der Waals surface area contributed by atoms with Crippen molar-refractivity contribution >= 4 is 5.78 Å². The molecule has 2 heterocycles. The maximum Gasteiger partial charge on any atom is 0.137 e. The lowest BCUT2D eigenvalue weighted by Gasteiger charge is -2.37. The van der Waals surface area contributed by atoms with Crippen LogP contribution in [0.4, 0.5) is 4.39 Å². The van der Waals surface area contributed by atoms with E-state index in [1.165, 1.54) is 12.1 Å². The number of aliphatic hydroxyl groups excluding tert-OH is 1. The molecule has 2 aliphatic heterocycles. The van der Waals surface area contributed by atoms with Crippen LogP contribution in [0.3, 0.4) is 0 Å². The zero-order valence-corrected chi connectivity index (χ0v) is 11.6. The van der Waals surface area contributed by atoms with Crippen LogP contribution in [0.25, 0.3) is 0 Å². The summed E-state index contributed by atoms with van der Waals surface area (Å²) >= 11 is 0. The number of benzene rings is 1. The molecule has 2 N–H and O–H groups in total. The first-order valence-corrected chi connectivity index (χ1v) is 7.32. The minimum absolute atomic E-state index is 0.0800. The molecule has 1 aromatic rings. The lowest BCUT2D eigenvalue weighted by molar-refractivity contribution is -0.125. The molecule has 0 aliphatic carbocycles. The molecule has 4 heteroatoms. The zero-order chi connectivity index (χ0) is 14.3. The fourth-order valence-corrected chi connectivity index (χ4v) is 3.81. The fourth-order valence-electron chi connectivity index (χ4n) is 3.81. The maximum absolute atomic E-state index is 13.1. The van der Waals surface area contributed by atoms with Gasteiger partial charge in [0.05, 0.1) is 6.10 Å². The molecule has 0 saturated carbocycles. The number of fused-ring (bicyclic) bond motifs is 2. The van der Waals surface area contributed by atoms with Crippen LogP contribution in [0.5, 0.6) is 0 Å². The van der Waals surface area contributed by atoms with Gasteiger partial charge in [-0.3, -0.25) is 4.79 Å². The number of ketones is 1. The van der Waals surface area contributed by atoms with Gasteiger partial charge in [-0.15, -0.1) is 0 Å². The predicted octanol–water partition coefficient (Wildman–Crippen LogP) is 2.00. The summed E-state index contributed by atoms with van der Waals surface area (Å²) < 4.78 is 13.1. The Morgan fingerprint density at radius 2 is 2.05 bits per heavy atom. The van der Waals surface area contributed by atoms with E-state index in [1.54, 1.807) is 12.1 Å². The van der Waals surface area contributed by atoms with E-state index in [2.05, 4.69) is 5.32 Å². The summed E-state index contributed by atoms with van der Waals surface area (Å²) in [7, 11) is 0. The summed E-state index contributed by atoms with van der Waals surface area (Å²) in [6.07, 6.45) is 1.55. The third kappa shape index (κ3) is 2.27. The van der Waals surface area contributed by atoms with Crippen LogP contribution in [0.1, 0.15) is 37.7 Å². The lowest BCUT2D eigenvalue weighted by Crippen LogP contribution is -2.50. The Morgan fingerprint density at radius 1 is 1.35 bits per heavy atom. The number of carbonyl (C=O) groups excluding carboxylic acids is 1. The third-order valence-electron chi connectivity index (χ3n) is 4.75. The average Bonchev–Trinajstić information content (AvgIpc) is 2.74. The van der Waals surface area contributed by atoms with Crippen molar-refractivity contribution < 1.29 is 14.3 Å². The van der Waals surface area contributed by atoms with E-state index >= 15 is 0 Å². The van der Waals surface area contributed by atoms with Gasteiger partial charge in [0.15, 0.2) is 0 Å². The number of aliphatic hydroxyl groups is 1. The highest BCUT2D eigenvalue weighted by Gasteiger charge is 2.49. The predicted molar refractivity (Wildman–Crippen MR) is 73.9 cm³/mol. The standard InChI is InChI=1S/C16H20FNO2/c1-2-13(19)15-12(9-3-5-10(17)6-4-9)7-11-8-14(20)16(15)18-11/h3-6,11-12,14-16,18,20H,2,7-8H2,1H3/t11?,12-,14?,15+,16-/m0/s1. The molecule has 20 heavy (non-hydrogen) atoms. The summed E-state index contributed by atoms with van der Waals surface area (Å²) in [5, 5.41) is 13.5. The van der Waals surface area contributed by atoms with Gasteiger partial charge in [0.2, 0.25) is 0 Å². The second-order valence-electron chi connectivity index (χ2n) is 5.93. The topological polar surface area (TPSA) is 49.3 Å². The van der Waals surface area contributed by atoms with Crippen molar-refractivity contribution in [2.24, 2.45) is 5.92 Å². The van der Waals surface area contributed by atoms with Crippen molar-refractivity contribution in [1.29, 1.82) is 0 Å². The minimum Gasteiger partial charge on any atom is -0.391 e.